The van der Waals surface area contributed by atoms with Crippen molar-refractivity contribution in [2.75, 3.05) is 13.1 Å². The molecule has 2 aliphatic rings. The van der Waals surface area contributed by atoms with Crippen molar-refractivity contribution in [1.82, 2.24) is 14.9 Å². The van der Waals surface area contributed by atoms with Crippen LogP contribution in [0.3, 0.4) is 0 Å². The van der Waals surface area contributed by atoms with Crippen LogP contribution in [-0.4, -0.2) is 53.1 Å². The molecule has 0 aliphatic carbocycles. The zero-order chi connectivity index (χ0) is 14.3. The fraction of sp³-hybridized carbons (Fsp3) is 0.273. The van der Waals surface area contributed by atoms with Gasteiger partial charge in [-0.05, 0) is 17.7 Å². The Labute approximate surface area is 115 Å². The molecule has 9 heteroatoms. The molecule has 0 aromatic carbocycles. The number of urea groups is 1. The minimum absolute atomic E-state index is 0.282. The quantitative estimate of drug-likeness (QED) is 0.573. The molecular formula is C11H10N3O5S-. The van der Waals surface area contributed by atoms with Crippen molar-refractivity contribution in [3.8, 4) is 0 Å². The zero-order valence-electron chi connectivity index (χ0n) is 10.2. The molecule has 0 spiro atoms. The Hall–Kier alpha value is -1.97. The van der Waals surface area contributed by atoms with Crippen LogP contribution in [0.2, 0.25) is 0 Å². The van der Waals surface area contributed by atoms with Gasteiger partial charge in [-0.1, -0.05) is 12.1 Å². The first-order chi connectivity index (χ1) is 9.44. The normalized spacial score (nSPS) is 22.1. The molecule has 0 radical (unpaired) electrons. The van der Waals surface area contributed by atoms with E-state index in [1.54, 1.807) is 24.4 Å². The molecule has 3 rings (SSSR count). The maximum absolute atomic E-state index is 11.9. The fourth-order valence-electron chi connectivity index (χ4n) is 2.31. The molecule has 1 unspecified atom stereocenters. The molecule has 2 amide bonds. The number of carbonyl (C=O) groups excluding carboxylic acids is 1. The van der Waals surface area contributed by atoms with Crippen LogP contribution in [0.15, 0.2) is 30.5 Å². The van der Waals surface area contributed by atoms with Gasteiger partial charge in [-0.25, -0.2) is 13.2 Å². The summed E-state index contributed by atoms with van der Waals surface area (Å²) < 4.78 is 36.2. The van der Waals surface area contributed by atoms with Gasteiger partial charge in [0.25, 0.3) is 0 Å². The van der Waals surface area contributed by atoms with Gasteiger partial charge in [0.1, 0.15) is 0 Å². The van der Waals surface area contributed by atoms with Crippen LogP contribution < -0.4 is 0 Å². The maximum Gasteiger partial charge on any atom is 0.346 e. The van der Waals surface area contributed by atoms with Crippen LogP contribution in [0, 0.1) is 0 Å². The summed E-state index contributed by atoms with van der Waals surface area (Å²) in [7, 11) is -4.98. The number of amides is 2. The van der Waals surface area contributed by atoms with Crippen molar-refractivity contribution >= 4 is 22.0 Å². The van der Waals surface area contributed by atoms with Crippen molar-refractivity contribution in [3.05, 3.63) is 36.2 Å². The molecule has 1 aromatic rings. The summed E-state index contributed by atoms with van der Waals surface area (Å²) in [5.74, 6) is 0. The Morgan fingerprint density at radius 1 is 1.40 bits per heavy atom. The van der Waals surface area contributed by atoms with Crippen molar-refractivity contribution in [1.29, 1.82) is 0 Å². The van der Waals surface area contributed by atoms with Crippen molar-refractivity contribution in [2.24, 2.45) is 0 Å². The minimum atomic E-state index is -4.98. The summed E-state index contributed by atoms with van der Waals surface area (Å²) >= 11 is 0. The molecule has 1 fully saturated rings. The van der Waals surface area contributed by atoms with E-state index in [-0.39, 0.29) is 6.54 Å². The third-order valence-corrected chi connectivity index (χ3v) is 3.43. The van der Waals surface area contributed by atoms with E-state index in [0.717, 1.165) is 5.57 Å². The molecule has 2 aliphatic heterocycles. The third kappa shape index (κ3) is 2.38. The van der Waals surface area contributed by atoms with Gasteiger partial charge in [0, 0.05) is 19.3 Å². The summed E-state index contributed by atoms with van der Waals surface area (Å²) in [6.45, 7) is 0.579. The second-order valence-electron chi connectivity index (χ2n) is 4.45. The van der Waals surface area contributed by atoms with E-state index in [2.05, 4.69) is 9.27 Å². The molecule has 8 nitrogen and oxygen atoms in total. The molecule has 0 saturated carbocycles. The summed E-state index contributed by atoms with van der Waals surface area (Å²) in [5.41, 5.74) is 1.48. The van der Waals surface area contributed by atoms with Crippen LogP contribution >= 0.6 is 0 Å². The van der Waals surface area contributed by atoms with Gasteiger partial charge >= 0.3 is 6.03 Å². The van der Waals surface area contributed by atoms with Crippen LogP contribution in [0.4, 0.5) is 4.79 Å². The topological polar surface area (TPSA) is 103 Å². The van der Waals surface area contributed by atoms with Gasteiger partial charge in [-0.15, -0.1) is 0 Å². The highest BCUT2D eigenvalue weighted by Gasteiger charge is 2.42. The molecule has 1 aromatic heterocycles. The first-order valence-corrected chi connectivity index (χ1v) is 7.13. The second-order valence-corrected chi connectivity index (χ2v) is 5.41. The predicted octanol–water partition coefficient (Wildman–Crippen LogP) is -0.0234. The lowest BCUT2D eigenvalue weighted by Crippen LogP contribution is -2.35. The molecule has 20 heavy (non-hydrogen) atoms. The standard InChI is InChI=1S/C11H11N3O5S/c15-11-13-6-8(10-3-1-2-4-12-10)5-9(7-13)14(11)19-20(16,17)18/h1-5,9H,6-7H2,(H,16,17,18)/p-1. The number of pyridine rings is 1. The van der Waals surface area contributed by atoms with Gasteiger partial charge in [0.05, 0.1) is 11.7 Å². The van der Waals surface area contributed by atoms with Gasteiger partial charge in [-0.2, -0.15) is 9.35 Å². The van der Waals surface area contributed by atoms with E-state index in [1.165, 1.54) is 4.90 Å². The summed E-state index contributed by atoms with van der Waals surface area (Å²) in [4.78, 5) is 17.5. The highest BCUT2D eigenvalue weighted by atomic mass is 32.3. The predicted molar refractivity (Wildman–Crippen MR) is 65.6 cm³/mol. The van der Waals surface area contributed by atoms with Crippen LogP contribution in [0.1, 0.15) is 5.69 Å². The zero-order valence-corrected chi connectivity index (χ0v) is 11.0. The van der Waals surface area contributed by atoms with Crippen molar-refractivity contribution in [3.63, 3.8) is 0 Å². The fourth-order valence-corrected chi connectivity index (χ4v) is 2.68. The molecule has 106 valence electrons. The first-order valence-electron chi connectivity index (χ1n) is 5.80. The van der Waals surface area contributed by atoms with Crippen molar-refractivity contribution < 1.29 is 22.0 Å². The van der Waals surface area contributed by atoms with E-state index in [1.807, 2.05) is 6.07 Å². The number of rotatable bonds is 3. The van der Waals surface area contributed by atoms with Crippen molar-refractivity contribution in [2.45, 2.75) is 6.04 Å². The second kappa shape index (κ2) is 4.54. The van der Waals surface area contributed by atoms with E-state index >= 15 is 0 Å². The van der Waals surface area contributed by atoms with Crippen LogP contribution in [0.25, 0.3) is 5.57 Å². The summed E-state index contributed by atoms with van der Waals surface area (Å²) in [6.07, 6.45) is 3.31. The average molecular weight is 296 g/mol. The monoisotopic (exact) mass is 296 g/mol. The van der Waals surface area contributed by atoms with Crippen LogP contribution in [-0.2, 0) is 14.7 Å². The highest BCUT2D eigenvalue weighted by molar-refractivity contribution is 7.80. The Bertz CT molecular complexity index is 673. The molecular weight excluding hydrogens is 286 g/mol. The summed E-state index contributed by atoms with van der Waals surface area (Å²) in [6, 6.07) is 4.12. The highest BCUT2D eigenvalue weighted by Crippen LogP contribution is 2.29. The number of aromatic nitrogens is 1. The number of carbonyl (C=O) groups is 1. The Morgan fingerprint density at radius 2 is 2.20 bits per heavy atom. The lowest BCUT2D eigenvalue weighted by Gasteiger charge is -2.21. The number of hydrogen-bond acceptors (Lipinski definition) is 6. The van der Waals surface area contributed by atoms with Gasteiger partial charge < -0.3 is 9.45 Å². The Morgan fingerprint density at radius 3 is 2.85 bits per heavy atom. The minimum Gasteiger partial charge on any atom is -0.724 e. The summed E-state index contributed by atoms with van der Waals surface area (Å²) in [5, 5.41) is 0.596. The van der Waals surface area contributed by atoms with E-state index in [0.29, 0.717) is 17.3 Å². The SMILES string of the molecule is O=C1N2CC(c3ccccn3)=CC(C2)N1OS(=O)(=O)[O-]. The van der Waals surface area contributed by atoms with Gasteiger partial charge in [0.15, 0.2) is 0 Å². The number of nitrogens with zero attached hydrogens (tertiary/aromatic N) is 3. The molecule has 3 heterocycles. The number of fused-ring (bicyclic) bond motifs is 2. The Balaban J connectivity index is 1.91. The van der Waals surface area contributed by atoms with E-state index in [9.17, 15) is 17.8 Å². The maximum atomic E-state index is 11.9. The van der Waals surface area contributed by atoms with Crippen LogP contribution in [0.5, 0.6) is 0 Å². The lowest BCUT2D eigenvalue weighted by atomic mass is 10.0. The van der Waals surface area contributed by atoms with Gasteiger partial charge in [-0.3, -0.25) is 4.98 Å². The first kappa shape index (κ1) is 13.0. The molecule has 1 atom stereocenters. The van der Waals surface area contributed by atoms with E-state index in [4.69, 9.17) is 0 Å². The largest absolute Gasteiger partial charge is 0.724 e. The molecule has 1 saturated heterocycles. The van der Waals surface area contributed by atoms with Gasteiger partial charge in [0.2, 0.25) is 10.4 Å². The number of hydroxylamine groups is 2. The smallest absolute Gasteiger partial charge is 0.346 e. The molecule has 0 N–H and O–H groups in total. The lowest BCUT2D eigenvalue weighted by molar-refractivity contribution is -0.0195. The van der Waals surface area contributed by atoms with E-state index < -0.39 is 22.5 Å². The number of hydrogen-bond donors (Lipinski definition) is 0. The Kier molecular flexibility index (Phi) is 2.96. The third-order valence-electron chi connectivity index (χ3n) is 3.09. The average Bonchev–Trinajstić information content (AvgIpc) is 2.62. The molecule has 2 bridgehead atoms.